The van der Waals surface area contributed by atoms with Crippen LogP contribution < -0.4 is 15.8 Å². The molecule has 1 saturated heterocycles. The Balaban J connectivity index is 1.31. The number of fused-ring (bicyclic) bond motifs is 1. The molecule has 0 unspecified atom stereocenters. The van der Waals surface area contributed by atoms with Crippen LogP contribution in [0.4, 0.5) is 15.9 Å². The Morgan fingerprint density at radius 2 is 1.81 bits per heavy atom. The molecule has 0 spiro atoms. The molecule has 0 saturated carbocycles. The summed E-state index contributed by atoms with van der Waals surface area (Å²) < 4.78 is 15.2. The number of benzene rings is 1. The minimum atomic E-state index is -0.551. The number of carbonyl (C=O) groups is 2. The normalized spacial score (nSPS) is 13.7. The fraction of sp³-hybridized carbons (Fsp3) is 0.240. The first kappa shape index (κ1) is 23.6. The van der Waals surface area contributed by atoms with Crippen molar-refractivity contribution >= 4 is 44.9 Å². The number of nitrogens with zero attached hydrogens (tertiary/aromatic N) is 5. The van der Waals surface area contributed by atoms with Gasteiger partial charge in [0.05, 0.1) is 22.3 Å². The van der Waals surface area contributed by atoms with Crippen molar-refractivity contribution in [3.8, 4) is 0 Å². The fourth-order valence-corrected chi connectivity index (χ4v) is 5.24. The van der Waals surface area contributed by atoms with Gasteiger partial charge >= 0.3 is 0 Å². The van der Waals surface area contributed by atoms with Crippen LogP contribution in [0.25, 0.3) is 10.2 Å². The smallest absolute Gasteiger partial charge is 0.266 e. The highest BCUT2D eigenvalue weighted by atomic mass is 32.1. The molecule has 2 amide bonds. The van der Waals surface area contributed by atoms with Crippen molar-refractivity contribution in [3.63, 3.8) is 0 Å². The summed E-state index contributed by atoms with van der Waals surface area (Å²) in [4.78, 5) is 52.1. The molecular weight excluding hydrogens is 483 g/mol. The number of hydrogen-bond donors (Lipinski definition) is 1. The third kappa shape index (κ3) is 4.57. The first-order valence-corrected chi connectivity index (χ1v) is 12.2. The Morgan fingerprint density at radius 3 is 2.53 bits per heavy atom. The summed E-state index contributed by atoms with van der Waals surface area (Å²) >= 11 is 1.06. The van der Waals surface area contributed by atoms with Gasteiger partial charge in [-0.1, -0.05) is 18.2 Å². The second-order valence-corrected chi connectivity index (χ2v) is 9.40. The molecule has 1 aromatic carbocycles. The van der Waals surface area contributed by atoms with E-state index in [2.05, 4.69) is 20.2 Å². The zero-order chi connectivity index (χ0) is 25.2. The average molecular weight is 507 g/mol. The fourth-order valence-electron chi connectivity index (χ4n) is 4.20. The minimum Gasteiger partial charge on any atom is -0.353 e. The Morgan fingerprint density at radius 1 is 1.06 bits per heavy atom. The number of aryl methyl sites for hydroxylation is 1. The number of rotatable bonds is 5. The van der Waals surface area contributed by atoms with Gasteiger partial charge in [0, 0.05) is 32.4 Å². The van der Waals surface area contributed by atoms with E-state index in [-0.39, 0.29) is 34.0 Å². The van der Waals surface area contributed by atoms with E-state index in [4.69, 9.17) is 0 Å². The number of pyridine rings is 1. The molecule has 0 aliphatic carbocycles. The van der Waals surface area contributed by atoms with Crippen LogP contribution in [0.15, 0.2) is 59.8 Å². The molecule has 1 aliphatic heterocycles. The molecule has 1 aliphatic rings. The van der Waals surface area contributed by atoms with Crippen molar-refractivity contribution in [1.82, 2.24) is 19.4 Å². The Kier molecular flexibility index (Phi) is 6.47. The minimum absolute atomic E-state index is 0.0541. The van der Waals surface area contributed by atoms with Crippen molar-refractivity contribution in [2.24, 2.45) is 0 Å². The molecule has 1 N–H and O–H groups in total. The summed E-state index contributed by atoms with van der Waals surface area (Å²) in [5.74, 6) is -0.375. The quantitative estimate of drug-likeness (QED) is 0.447. The molecule has 1 fully saturated rings. The van der Waals surface area contributed by atoms with Gasteiger partial charge in [0.25, 0.3) is 11.5 Å². The number of halogens is 1. The molecule has 4 heterocycles. The van der Waals surface area contributed by atoms with E-state index in [1.165, 1.54) is 29.1 Å². The lowest BCUT2D eigenvalue weighted by Crippen LogP contribution is -2.50. The van der Waals surface area contributed by atoms with Crippen molar-refractivity contribution in [3.05, 3.63) is 81.6 Å². The highest BCUT2D eigenvalue weighted by Crippen LogP contribution is 2.28. The molecule has 184 valence electrons. The summed E-state index contributed by atoms with van der Waals surface area (Å²) in [6.07, 6.45) is 3.07. The highest BCUT2D eigenvalue weighted by Gasteiger charge is 2.24. The molecule has 0 bridgehead atoms. The number of aromatic nitrogens is 3. The summed E-state index contributed by atoms with van der Waals surface area (Å²) in [7, 11) is 0. The van der Waals surface area contributed by atoms with Gasteiger partial charge in [-0.15, -0.1) is 11.3 Å². The maximum atomic E-state index is 14.0. The van der Waals surface area contributed by atoms with Crippen LogP contribution in [-0.4, -0.2) is 57.4 Å². The van der Waals surface area contributed by atoms with Gasteiger partial charge in [0.1, 0.15) is 23.0 Å². The highest BCUT2D eigenvalue weighted by molar-refractivity contribution is 7.20. The monoisotopic (exact) mass is 506 g/mol. The molecule has 5 rings (SSSR count). The lowest BCUT2D eigenvalue weighted by molar-refractivity contribution is -0.132. The van der Waals surface area contributed by atoms with Crippen molar-refractivity contribution in [2.75, 3.05) is 36.4 Å². The van der Waals surface area contributed by atoms with E-state index in [1.807, 2.05) is 18.2 Å². The number of amides is 2. The predicted molar refractivity (Wildman–Crippen MR) is 136 cm³/mol. The summed E-state index contributed by atoms with van der Waals surface area (Å²) in [6.45, 7) is 3.87. The second-order valence-electron chi connectivity index (χ2n) is 8.40. The van der Waals surface area contributed by atoms with E-state index < -0.39 is 11.7 Å². The van der Waals surface area contributed by atoms with E-state index >= 15 is 0 Å². The van der Waals surface area contributed by atoms with Crippen molar-refractivity contribution < 1.29 is 14.0 Å². The van der Waals surface area contributed by atoms with Crippen LogP contribution in [-0.2, 0) is 11.3 Å². The standard InChI is InChI=1S/C25H23FN6O3S/c1-16-21-24(36-22(16)23(34)29-18-7-3-2-6-17(18)26)28-15-32(25(21)35)14-20(33)31-12-10-30(11-13-31)19-8-4-5-9-27-19/h2-9,15H,10-14H2,1H3,(H,29,34). The third-order valence-electron chi connectivity index (χ3n) is 6.16. The topological polar surface area (TPSA) is 100 Å². The number of piperazine rings is 1. The van der Waals surface area contributed by atoms with Gasteiger partial charge in [-0.25, -0.2) is 14.4 Å². The largest absolute Gasteiger partial charge is 0.353 e. The zero-order valence-corrected chi connectivity index (χ0v) is 20.3. The van der Waals surface area contributed by atoms with Gasteiger partial charge in [-0.05, 0) is 36.8 Å². The van der Waals surface area contributed by atoms with Crippen LogP contribution in [0.3, 0.4) is 0 Å². The lowest BCUT2D eigenvalue weighted by atomic mass is 10.2. The Labute approximate surface area is 209 Å². The SMILES string of the molecule is Cc1c(C(=O)Nc2ccccc2F)sc2ncn(CC(=O)N3CCN(c4ccccn4)CC3)c(=O)c12. The number of nitrogens with one attached hydrogen (secondary N) is 1. The van der Waals surface area contributed by atoms with Gasteiger partial charge < -0.3 is 15.1 Å². The summed E-state index contributed by atoms with van der Waals surface area (Å²) in [6, 6.07) is 11.6. The lowest BCUT2D eigenvalue weighted by Gasteiger charge is -2.35. The Hall–Kier alpha value is -4.12. The van der Waals surface area contributed by atoms with Gasteiger partial charge in [-0.3, -0.25) is 19.0 Å². The van der Waals surface area contributed by atoms with E-state index in [0.717, 1.165) is 17.2 Å². The third-order valence-corrected chi connectivity index (χ3v) is 7.36. The molecule has 36 heavy (non-hydrogen) atoms. The molecule has 0 radical (unpaired) electrons. The molecule has 9 nitrogen and oxygen atoms in total. The number of anilines is 2. The van der Waals surface area contributed by atoms with Crippen LogP contribution >= 0.6 is 11.3 Å². The molecule has 4 aromatic rings. The first-order valence-electron chi connectivity index (χ1n) is 11.4. The maximum Gasteiger partial charge on any atom is 0.266 e. The van der Waals surface area contributed by atoms with Crippen LogP contribution in [0, 0.1) is 12.7 Å². The number of thiophene rings is 1. The van der Waals surface area contributed by atoms with Gasteiger partial charge in [0.15, 0.2) is 0 Å². The van der Waals surface area contributed by atoms with Gasteiger partial charge in [-0.2, -0.15) is 0 Å². The van der Waals surface area contributed by atoms with Crippen LogP contribution in [0.5, 0.6) is 0 Å². The van der Waals surface area contributed by atoms with Crippen molar-refractivity contribution in [1.29, 1.82) is 0 Å². The van der Waals surface area contributed by atoms with E-state index in [1.54, 1.807) is 24.1 Å². The molecule has 3 aromatic heterocycles. The first-order chi connectivity index (χ1) is 17.4. The second kappa shape index (κ2) is 9.86. The van der Waals surface area contributed by atoms with Crippen LogP contribution in [0.2, 0.25) is 0 Å². The number of carbonyl (C=O) groups excluding carboxylic acids is 2. The molecule has 11 heteroatoms. The number of para-hydroxylation sites is 1. The van der Waals surface area contributed by atoms with Gasteiger partial charge in [0.2, 0.25) is 5.91 Å². The van der Waals surface area contributed by atoms with Crippen LogP contribution in [0.1, 0.15) is 15.2 Å². The zero-order valence-electron chi connectivity index (χ0n) is 19.5. The van der Waals surface area contributed by atoms with E-state index in [9.17, 15) is 18.8 Å². The summed E-state index contributed by atoms with van der Waals surface area (Å²) in [5.41, 5.74) is 0.116. The maximum absolute atomic E-state index is 14.0. The van der Waals surface area contributed by atoms with E-state index in [0.29, 0.717) is 36.6 Å². The summed E-state index contributed by atoms with van der Waals surface area (Å²) in [5, 5.41) is 2.83. The molecule has 0 atom stereocenters. The average Bonchev–Trinajstić information content (AvgIpc) is 3.24. The van der Waals surface area contributed by atoms with Crippen molar-refractivity contribution in [2.45, 2.75) is 13.5 Å². The Bertz CT molecular complexity index is 1490. The molecular formula is C25H23FN6O3S. The number of hydrogen-bond acceptors (Lipinski definition) is 7. The predicted octanol–water partition coefficient (Wildman–Crippen LogP) is 2.90.